The third kappa shape index (κ3) is 9.08. The van der Waals surface area contributed by atoms with Gasteiger partial charge in [-0.1, -0.05) is 30.3 Å². The van der Waals surface area contributed by atoms with Crippen LogP contribution in [-0.2, 0) is 30.9 Å². The third-order valence-corrected chi connectivity index (χ3v) is 7.18. The van der Waals surface area contributed by atoms with E-state index >= 15 is 0 Å². The zero-order chi connectivity index (χ0) is 28.3. The molecule has 1 atom stereocenters. The minimum atomic E-state index is -3.91. The molecule has 1 unspecified atom stereocenters. The van der Waals surface area contributed by atoms with E-state index < -0.39 is 27.8 Å². The molecule has 0 aliphatic rings. The fourth-order valence-corrected chi connectivity index (χ4v) is 4.67. The number of ether oxygens (including phenoxy) is 2. The number of amides is 2. The molecule has 0 aliphatic carbocycles. The number of sulfonamides is 1. The predicted molar refractivity (Wildman–Crippen MR) is 145 cm³/mol. The molecule has 0 fully saturated rings. The van der Waals surface area contributed by atoms with Crippen LogP contribution < -0.4 is 14.8 Å². The Morgan fingerprint density at radius 3 is 2.28 bits per heavy atom. The quantitative estimate of drug-likeness (QED) is 0.293. The molecule has 208 valence electrons. The summed E-state index contributed by atoms with van der Waals surface area (Å²) in [5.74, 6) is -0.902. The molecule has 2 amide bonds. The summed E-state index contributed by atoms with van der Waals surface area (Å²) in [6, 6.07) is 19.0. The van der Waals surface area contributed by atoms with Gasteiger partial charge in [0.15, 0.2) is 6.61 Å². The van der Waals surface area contributed by atoms with Crippen molar-refractivity contribution in [1.82, 2.24) is 10.2 Å². The number of carbonyl (C=O) groups excluding carboxylic acids is 2. The van der Waals surface area contributed by atoms with Gasteiger partial charge in [-0.25, -0.2) is 12.8 Å². The minimum Gasteiger partial charge on any atom is -0.484 e. The highest BCUT2D eigenvalue weighted by Gasteiger charge is 2.26. The number of nitrogens with one attached hydrogen (secondary N) is 2. The zero-order valence-electron chi connectivity index (χ0n) is 21.8. The average molecular weight is 558 g/mol. The van der Waals surface area contributed by atoms with Crippen LogP contribution in [0.2, 0.25) is 0 Å². The summed E-state index contributed by atoms with van der Waals surface area (Å²) in [5.41, 5.74) is 1.07. The number of halogens is 1. The number of carbonyl (C=O) groups is 2. The number of rotatable bonds is 14. The Morgan fingerprint density at radius 2 is 1.64 bits per heavy atom. The minimum absolute atomic E-state index is 0.0324. The van der Waals surface area contributed by atoms with E-state index in [1.807, 2.05) is 30.3 Å². The van der Waals surface area contributed by atoms with Gasteiger partial charge in [-0.05, 0) is 67.4 Å². The van der Waals surface area contributed by atoms with Crippen LogP contribution in [0, 0.1) is 5.82 Å². The molecule has 0 spiro atoms. The second-order valence-electron chi connectivity index (χ2n) is 8.69. The molecule has 0 bridgehead atoms. The van der Waals surface area contributed by atoms with E-state index in [2.05, 4.69) is 10.0 Å². The van der Waals surface area contributed by atoms with Gasteiger partial charge in [0, 0.05) is 32.5 Å². The lowest BCUT2D eigenvalue weighted by Crippen LogP contribution is -2.49. The van der Waals surface area contributed by atoms with E-state index in [0.717, 1.165) is 17.7 Å². The molecule has 3 aromatic carbocycles. The SMILES string of the molecule is COCCCNC(=O)C(C)N(Cc1ccccc1)C(=O)COc1ccc(S(=O)(=O)Nc2ccc(F)cc2)cc1. The number of nitrogens with zero attached hydrogens (tertiary/aromatic N) is 1. The van der Waals surface area contributed by atoms with Crippen molar-refractivity contribution in [3.8, 4) is 5.75 Å². The highest BCUT2D eigenvalue weighted by atomic mass is 32.2. The molecule has 0 radical (unpaired) electrons. The van der Waals surface area contributed by atoms with Gasteiger partial charge in [-0.2, -0.15) is 0 Å². The smallest absolute Gasteiger partial charge is 0.261 e. The summed E-state index contributed by atoms with van der Waals surface area (Å²) in [6.45, 7) is 2.44. The Balaban J connectivity index is 1.64. The molecule has 0 heterocycles. The number of anilines is 1. The molecular formula is C28H32FN3O6S. The highest BCUT2D eigenvalue weighted by molar-refractivity contribution is 7.92. The van der Waals surface area contributed by atoms with E-state index in [4.69, 9.17) is 9.47 Å². The first-order valence-electron chi connectivity index (χ1n) is 12.3. The number of benzene rings is 3. The Morgan fingerprint density at radius 1 is 0.974 bits per heavy atom. The van der Waals surface area contributed by atoms with E-state index in [-0.39, 0.29) is 35.4 Å². The maximum atomic E-state index is 13.2. The predicted octanol–water partition coefficient (Wildman–Crippen LogP) is 3.58. The molecule has 2 N–H and O–H groups in total. The van der Waals surface area contributed by atoms with Crippen molar-refractivity contribution in [2.75, 3.05) is 31.6 Å². The van der Waals surface area contributed by atoms with Crippen molar-refractivity contribution in [1.29, 1.82) is 0 Å². The van der Waals surface area contributed by atoms with Crippen LogP contribution in [0.25, 0.3) is 0 Å². The van der Waals surface area contributed by atoms with Gasteiger partial charge in [-0.3, -0.25) is 14.3 Å². The van der Waals surface area contributed by atoms with E-state index in [1.54, 1.807) is 14.0 Å². The first-order valence-corrected chi connectivity index (χ1v) is 13.8. The molecule has 0 aliphatic heterocycles. The van der Waals surface area contributed by atoms with Gasteiger partial charge in [0.25, 0.3) is 15.9 Å². The van der Waals surface area contributed by atoms with Crippen molar-refractivity contribution >= 4 is 27.5 Å². The third-order valence-electron chi connectivity index (χ3n) is 5.78. The first-order chi connectivity index (χ1) is 18.7. The summed E-state index contributed by atoms with van der Waals surface area (Å²) >= 11 is 0. The summed E-state index contributed by atoms with van der Waals surface area (Å²) in [4.78, 5) is 27.3. The molecule has 39 heavy (non-hydrogen) atoms. The Kier molecular flexibility index (Phi) is 10.8. The van der Waals surface area contributed by atoms with Crippen molar-refractivity contribution in [2.45, 2.75) is 30.8 Å². The summed E-state index contributed by atoms with van der Waals surface area (Å²) in [6.07, 6.45) is 0.649. The zero-order valence-corrected chi connectivity index (χ0v) is 22.6. The van der Waals surface area contributed by atoms with Gasteiger partial charge < -0.3 is 19.7 Å². The van der Waals surface area contributed by atoms with Gasteiger partial charge in [-0.15, -0.1) is 0 Å². The van der Waals surface area contributed by atoms with Gasteiger partial charge in [0.1, 0.15) is 17.6 Å². The van der Waals surface area contributed by atoms with Crippen LogP contribution in [0.3, 0.4) is 0 Å². The Bertz CT molecular complexity index is 1320. The lowest BCUT2D eigenvalue weighted by Gasteiger charge is -2.28. The molecule has 0 saturated heterocycles. The average Bonchev–Trinajstić information content (AvgIpc) is 2.94. The number of hydrogen-bond acceptors (Lipinski definition) is 6. The van der Waals surface area contributed by atoms with Crippen LogP contribution in [0.1, 0.15) is 18.9 Å². The fraction of sp³-hybridized carbons (Fsp3) is 0.286. The van der Waals surface area contributed by atoms with E-state index in [0.29, 0.717) is 19.6 Å². The van der Waals surface area contributed by atoms with Crippen molar-refractivity contribution < 1.29 is 31.9 Å². The van der Waals surface area contributed by atoms with Crippen LogP contribution in [0.15, 0.2) is 83.8 Å². The second-order valence-corrected chi connectivity index (χ2v) is 10.4. The summed E-state index contributed by atoms with van der Waals surface area (Å²) < 4.78 is 51.3. The maximum absolute atomic E-state index is 13.2. The molecule has 3 rings (SSSR count). The Hall–Kier alpha value is -3.96. The van der Waals surface area contributed by atoms with Gasteiger partial charge in [0.2, 0.25) is 5.91 Å². The van der Waals surface area contributed by atoms with E-state index in [1.165, 1.54) is 41.3 Å². The Labute approximate surface area is 228 Å². The molecule has 0 aromatic heterocycles. The lowest BCUT2D eigenvalue weighted by molar-refractivity contribution is -0.142. The van der Waals surface area contributed by atoms with Crippen molar-refractivity contribution in [3.63, 3.8) is 0 Å². The van der Waals surface area contributed by atoms with Crippen LogP contribution >= 0.6 is 0 Å². The summed E-state index contributed by atoms with van der Waals surface area (Å²) in [7, 11) is -2.32. The van der Waals surface area contributed by atoms with E-state index in [9.17, 15) is 22.4 Å². The number of methoxy groups -OCH3 is 1. The molecular weight excluding hydrogens is 525 g/mol. The normalized spacial score (nSPS) is 11.9. The van der Waals surface area contributed by atoms with Crippen molar-refractivity contribution in [2.24, 2.45) is 0 Å². The van der Waals surface area contributed by atoms with Gasteiger partial charge >= 0.3 is 0 Å². The monoisotopic (exact) mass is 557 g/mol. The molecule has 9 nitrogen and oxygen atoms in total. The van der Waals surface area contributed by atoms with Crippen LogP contribution in [0.4, 0.5) is 10.1 Å². The molecule has 11 heteroatoms. The second kappa shape index (κ2) is 14.3. The fourth-order valence-electron chi connectivity index (χ4n) is 3.61. The topological polar surface area (TPSA) is 114 Å². The van der Waals surface area contributed by atoms with Crippen LogP contribution in [0.5, 0.6) is 5.75 Å². The largest absolute Gasteiger partial charge is 0.484 e. The number of hydrogen-bond donors (Lipinski definition) is 2. The van der Waals surface area contributed by atoms with Gasteiger partial charge in [0.05, 0.1) is 4.90 Å². The highest BCUT2D eigenvalue weighted by Crippen LogP contribution is 2.20. The lowest BCUT2D eigenvalue weighted by atomic mass is 10.1. The first kappa shape index (κ1) is 29.6. The maximum Gasteiger partial charge on any atom is 0.261 e. The summed E-state index contributed by atoms with van der Waals surface area (Å²) in [5, 5.41) is 2.82. The molecule has 3 aromatic rings. The van der Waals surface area contributed by atoms with Crippen molar-refractivity contribution in [3.05, 3.63) is 90.2 Å². The van der Waals surface area contributed by atoms with Crippen LogP contribution in [-0.4, -0.2) is 58.0 Å². The molecule has 0 saturated carbocycles. The standard InChI is InChI=1S/C28H32FN3O6S/c1-21(28(34)30-17-6-18-37-2)32(19-22-7-4-3-5-8-22)27(33)20-38-25-13-15-26(16-14-25)39(35,36)31-24-11-9-23(29)10-12-24/h3-5,7-16,21,31H,6,17-20H2,1-2H3,(H,30,34).